The van der Waals surface area contributed by atoms with Gasteiger partial charge in [0.25, 0.3) is 5.91 Å². The molecular formula is C65H80FN15O9. The van der Waals surface area contributed by atoms with Crippen molar-refractivity contribution in [3.05, 3.63) is 89.8 Å². The van der Waals surface area contributed by atoms with E-state index < -0.39 is 29.5 Å². The Morgan fingerprint density at radius 2 is 1.30 bits per heavy atom. The smallest absolute Gasteiger partial charge is 0.325 e. The van der Waals surface area contributed by atoms with E-state index in [1.165, 1.54) is 37.1 Å². The molecule has 90 heavy (non-hydrogen) atoms. The summed E-state index contributed by atoms with van der Waals surface area (Å²) < 4.78 is 23.9. The number of methoxy groups -OCH3 is 1. The molecule has 3 aromatic carbocycles. The van der Waals surface area contributed by atoms with Crippen molar-refractivity contribution in [3.8, 4) is 11.1 Å². The highest BCUT2D eigenvalue weighted by atomic mass is 19.1. The Bertz CT molecular complexity index is 3660. The molecule has 0 aliphatic carbocycles. The van der Waals surface area contributed by atoms with Crippen molar-refractivity contribution in [1.82, 2.24) is 59.3 Å². The van der Waals surface area contributed by atoms with Gasteiger partial charge in [-0.2, -0.15) is 10.2 Å². The first kappa shape index (κ1) is 62.6. The lowest BCUT2D eigenvalue weighted by atomic mass is 9.87. The minimum absolute atomic E-state index is 0.0436. The molecule has 11 rings (SSSR count). The number of fused-ring (bicyclic) bond motifs is 2. The molecule has 3 aromatic heterocycles. The number of hydrogen-bond acceptors (Lipinski definition) is 15. The van der Waals surface area contributed by atoms with Gasteiger partial charge in [0.15, 0.2) is 11.5 Å². The van der Waals surface area contributed by atoms with Crippen LogP contribution >= 0.6 is 0 Å². The molecule has 5 aliphatic heterocycles. The van der Waals surface area contributed by atoms with Crippen LogP contribution in [0.25, 0.3) is 32.9 Å². The van der Waals surface area contributed by atoms with Gasteiger partial charge < -0.3 is 50.5 Å². The van der Waals surface area contributed by atoms with Gasteiger partial charge in [0, 0.05) is 132 Å². The number of amides is 7. The second-order valence-electron chi connectivity index (χ2n) is 24.6. The Labute approximate surface area is 521 Å². The van der Waals surface area contributed by atoms with Gasteiger partial charge in [-0.1, -0.05) is 24.3 Å². The number of aromatic nitrogens is 6. The van der Waals surface area contributed by atoms with Crippen molar-refractivity contribution < 1.29 is 47.5 Å². The van der Waals surface area contributed by atoms with Gasteiger partial charge in [0.2, 0.25) is 35.4 Å². The number of halogens is 1. The summed E-state index contributed by atoms with van der Waals surface area (Å²) in [6.45, 7) is 4.93. The molecule has 7 amide bonds. The molecule has 8 heterocycles. The number of esters is 1. The highest BCUT2D eigenvalue weighted by molar-refractivity contribution is 6.00. The number of carbonyl (C=O) groups is 8. The number of anilines is 3. The number of hydrogen-bond donors (Lipinski definition) is 3. The van der Waals surface area contributed by atoms with Crippen LogP contribution in [0.15, 0.2) is 67.0 Å². The molecule has 476 valence electrons. The van der Waals surface area contributed by atoms with E-state index in [1.807, 2.05) is 34.1 Å². The molecule has 5 aliphatic rings. The third kappa shape index (κ3) is 14.0. The quantitative estimate of drug-likeness (QED) is 0.0901. The van der Waals surface area contributed by atoms with Crippen LogP contribution in [-0.4, -0.2) is 194 Å². The molecule has 0 saturated carbocycles. The van der Waals surface area contributed by atoms with Gasteiger partial charge in [0.05, 0.1) is 42.8 Å². The lowest BCUT2D eigenvalue weighted by Crippen LogP contribution is -2.49. The molecule has 0 radical (unpaired) electrons. The van der Waals surface area contributed by atoms with E-state index in [1.54, 1.807) is 50.7 Å². The Balaban J connectivity index is 0.621. The lowest BCUT2D eigenvalue weighted by molar-refractivity contribution is -0.145. The number of benzene rings is 3. The summed E-state index contributed by atoms with van der Waals surface area (Å²) >= 11 is 0. The lowest BCUT2D eigenvalue weighted by Gasteiger charge is -2.39. The second kappa shape index (κ2) is 27.8. The van der Waals surface area contributed by atoms with E-state index in [4.69, 9.17) is 15.8 Å². The normalized spacial score (nSPS) is 17.4. The van der Waals surface area contributed by atoms with Gasteiger partial charge in [-0.15, -0.1) is 0 Å². The van der Waals surface area contributed by atoms with Gasteiger partial charge in [-0.25, -0.2) is 14.4 Å². The number of carbonyl (C=O) groups excluding carboxylic acids is 8. The fraction of sp³-hybridized carbons (Fsp3) is 0.508. The van der Waals surface area contributed by atoms with Crippen LogP contribution in [0.1, 0.15) is 117 Å². The standard InChI is InChI=1S/C65H80FN15O9/c1-74(39-54(82)68-38-58(86)90-3)57(85)40-81-51-9-7-8-48(49-35-52-46(34-50(49)66)36-70-75(52)2)59(51)60(73-81)43-18-26-77(27-19-43)55(83)14-15-56(84)78-28-20-44(21-29-78)64(88)80-32-22-45(23-33-80)65(89)79-30-16-42(17-31-79)41-10-12-47(13-11-41)71-63-61(62(67)87)69-37-53(72-63)76-24-5-4-6-25-76/h7-13,34-37,42-45H,4-6,14-33,38-40H2,1-3H3,(H2,67,87)(H,68,82)(H,71,72). The predicted octanol–water partition coefficient (Wildman–Crippen LogP) is 5.47. The first-order chi connectivity index (χ1) is 43.5. The maximum Gasteiger partial charge on any atom is 0.325 e. The zero-order valence-electron chi connectivity index (χ0n) is 51.5. The Kier molecular flexibility index (Phi) is 19.3. The number of primary amides is 1. The summed E-state index contributed by atoms with van der Waals surface area (Å²) in [6.07, 6.45) is 11.7. The number of nitrogens with two attached hydrogens (primary N) is 1. The van der Waals surface area contributed by atoms with Crippen LogP contribution in [-0.2, 0) is 51.9 Å². The largest absolute Gasteiger partial charge is 0.468 e. The topological polar surface area (TPSA) is 277 Å². The Hall–Kier alpha value is -9.03. The average Bonchev–Trinajstić information content (AvgIpc) is 1.58. The first-order valence-corrected chi connectivity index (χ1v) is 31.6. The van der Waals surface area contributed by atoms with Crippen LogP contribution in [0.3, 0.4) is 0 Å². The Morgan fingerprint density at radius 1 is 0.700 bits per heavy atom. The van der Waals surface area contributed by atoms with Crippen LogP contribution in [0.2, 0.25) is 0 Å². The van der Waals surface area contributed by atoms with Crippen molar-refractivity contribution in [2.45, 2.75) is 102 Å². The van der Waals surface area contributed by atoms with E-state index in [9.17, 15) is 38.4 Å². The van der Waals surface area contributed by atoms with E-state index in [0.29, 0.717) is 136 Å². The SMILES string of the molecule is COC(=O)CNC(=O)CN(C)C(=O)Cn1nc(C2CCN(C(=O)CCC(=O)N3CCC(C(=O)N4CCC(C(=O)N5CCC(c6ccc(Nc7nc(N8CCCCC8)cnc7C(N)=O)cc6)CC5)CC4)CC3)CC2)c2c(-c3cc4c(cnn4C)cc3F)cccc21. The predicted molar refractivity (Wildman–Crippen MR) is 333 cm³/mol. The number of rotatable bonds is 18. The molecule has 25 heteroatoms. The van der Waals surface area contributed by atoms with E-state index in [2.05, 4.69) is 42.5 Å². The van der Waals surface area contributed by atoms with Gasteiger partial charge in [-0.3, -0.25) is 47.7 Å². The monoisotopic (exact) mass is 1230 g/mol. The zero-order valence-corrected chi connectivity index (χ0v) is 51.5. The van der Waals surface area contributed by atoms with Gasteiger partial charge in [0.1, 0.15) is 24.7 Å². The molecule has 5 saturated heterocycles. The maximum absolute atomic E-state index is 16.1. The summed E-state index contributed by atoms with van der Waals surface area (Å²) in [5.41, 5.74) is 10.6. The fourth-order valence-corrected chi connectivity index (χ4v) is 13.6. The number of aryl methyl sites for hydroxylation is 1. The number of nitrogens with one attached hydrogen (secondary N) is 2. The number of ether oxygens (including phenoxy) is 1. The van der Waals surface area contributed by atoms with E-state index in [-0.39, 0.29) is 79.6 Å². The summed E-state index contributed by atoms with van der Waals surface area (Å²) in [7, 11) is 4.47. The molecule has 0 unspecified atom stereocenters. The molecule has 0 spiro atoms. The van der Waals surface area contributed by atoms with Crippen molar-refractivity contribution >= 4 is 86.4 Å². The third-order valence-corrected chi connectivity index (χ3v) is 18.9. The highest BCUT2D eigenvalue weighted by Gasteiger charge is 2.37. The maximum atomic E-state index is 16.1. The van der Waals surface area contributed by atoms with Crippen molar-refractivity contribution in [3.63, 3.8) is 0 Å². The molecule has 5 fully saturated rings. The second-order valence-corrected chi connectivity index (χ2v) is 24.6. The van der Waals surface area contributed by atoms with Crippen molar-refractivity contribution in [1.29, 1.82) is 0 Å². The molecular weight excluding hydrogens is 1150 g/mol. The number of nitrogens with zero attached hydrogens (tertiary/aromatic N) is 12. The fourth-order valence-electron chi connectivity index (χ4n) is 13.6. The van der Waals surface area contributed by atoms with E-state index >= 15 is 4.39 Å². The third-order valence-electron chi connectivity index (χ3n) is 18.9. The summed E-state index contributed by atoms with van der Waals surface area (Å²) in [4.78, 5) is 125. The van der Waals surface area contributed by atoms with Crippen LogP contribution in [0.4, 0.5) is 21.7 Å². The van der Waals surface area contributed by atoms with E-state index in [0.717, 1.165) is 55.8 Å². The summed E-state index contributed by atoms with van der Waals surface area (Å²) in [5.74, 6) is -1.88. The highest BCUT2D eigenvalue weighted by Crippen LogP contribution is 2.41. The summed E-state index contributed by atoms with van der Waals surface area (Å²) in [6, 6.07) is 16.8. The molecule has 6 aromatic rings. The van der Waals surface area contributed by atoms with Gasteiger partial charge >= 0.3 is 5.97 Å². The van der Waals surface area contributed by atoms with Crippen LogP contribution in [0.5, 0.6) is 0 Å². The zero-order chi connectivity index (χ0) is 63.2. The molecule has 0 bridgehead atoms. The van der Waals surface area contributed by atoms with Gasteiger partial charge in [-0.05, 0) is 118 Å². The van der Waals surface area contributed by atoms with Crippen LogP contribution in [0, 0.1) is 17.7 Å². The molecule has 24 nitrogen and oxygen atoms in total. The number of likely N-dealkylation sites (N-methyl/N-ethyl adjacent to an activating group) is 1. The van der Waals surface area contributed by atoms with Crippen LogP contribution < -0.4 is 21.3 Å². The number of likely N-dealkylation sites (tertiary alicyclic amines) is 4. The summed E-state index contributed by atoms with van der Waals surface area (Å²) in [5, 5.41) is 16.3. The number of piperidine rings is 5. The average molecular weight is 1230 g/mol. The van der Waals surface area contributed by atoms with Crippen molar-refractivity contribution in [2.75, 3.05) is 103 Å². The Morgan fingerprint density at radius 3 is 1.92 bits per heavy atom. The minimum Gasteiger partial charge on any atom is -0.468 e. The molecule has 0 atom stereocenters. The van der Waals surface area contributed by atoms with Crippen molar-refractivity contribution in [2.24, 2.45) is 24.6 Å². The molecule has 4 N–H and O–H groups in total. The minimum atomic E-state index is -0.648. The first-order valence-electron chi connectivity index (χ1n) is 31.6.